The maximum absolute atomic E-state index is 11.9. The van der Waals surface area contributed by atoms with Gasteiger partial charge >= 0.3 is 0 Å². The molecule has 0 aliphatic rings. The third kappa shape index (κ3) is 3.04. The van der Waals surface area contributed by atoms with E-state index in [-0.39, 0.29) is 17.3 Å². The Kier molecular flexibility index (Phi) is 3.78. The van der Waals surface area contributed by atoms with Crippen molar-refractivity contribution in [1.82, 2.24) is 4.98 Å². The number of pyridine rings is 1. The third-order valence-electron chi connectivity index (χ3n) is 1.49. The first-order chi connectivity index (χ1) is 7.15. The molecule has 0 radical (unpaired) electrons. The number of ether oxygens (including phenoxy) is 1. The summed E-state index contributed by atoms with van der Waals surface area (Å²) in [5, 5.41) is 11.1. The number of halogens is 2. The van der Waals surface area contributed by atoms with Crippen molar-refractivity contribution in [2.75, 3.05) is 6.61 Å². The van der Waals surface area contributed by atoms with Gasteiger partial charge in [0.2, 0.25) is 0 Å². The zero-order chi connectivity index (χ0) is 11.3. The fourth-order valence-corrected chi connectivity index (χ4v) is 0.900. The molecule has 0 saturated carbocycles. The first-order valence-electron chi connectivity index (χ1n) is 3.99. The molecule has 0 fully saturated rings. The van der Waals surface area contributed by atoms with E-state index in [4.69, 9.17) is 15.7 Å². The third-order valence-corrected chi connectivity index (χ3v) is 1.49. The second-order valence-electron chi connectivity index (χ2n) is 2.54. The molecule has 7 heteroatoms. The van der Waals surface area contributed by atoms with E-state index in [0.29, 0.717) is 0 Å². The Balaban J connectivity index is 2.87. The van der Waals surface area contributed by atoms with Gasteiger partial charge in [-0.05, 0) is 12.1 Å². The van der Waals surface area contributed by atoms with Crippen LogP contribution in [0.25, 0.3) is 0 Å². The number of aromatic nitrogens is 1. The van der Waals surface area contributed by atoms with E-state index >= 15 is 0 Å². The minimum atomic E-state index is -2.59. The summed E-state index contributed by atoms with van der Waals surface area (Å²) in [5.74, 6) is -0.243. The topological polar surface area (TPSA) is 80.7 Å². The van der Waals surface area contributed by atoms with E-state index in [1.54, 1.807) is 0 Å². The molecule has 0 aromatic carbocycles. The molecule has 0 amide bonds. The van der Waals surface area contributed by atoms with Crippen molar-refractivity contribution in [3.63, 3.8) is 0 Å². The molecule has 1 rings (SSSR count). The van der Waals surface area contributed by atoms with E-state index in [9.17, 15) is 8.78 Å². The van der Waals surface area contributed by atoms with Crippen molar-refractivity contribution in [1.29, 1.82) is 0 Å². The summed E-state index contributed by atoms with van der Waals surface area (Å²) in [6.07, 6.45) is -1.21. The van der Waals surface area contributed by atoms with Gasteiger partial charge in [0.05, 0.1) is 0 Å². The van der Waals surface area contributed by atoms with Crippen LogP contribution in [0.4, 0.5) is 8.78 Å². The van der Waals surface area contributed by atoms with Crippen LogP contribution in [-0.4, -0.2) is 29.1 Å². The number of nitrogens with zero attached hydrogens (tertiary/aromatic N) is 2. The Bertz CT molecular complexity index is 357. The fourth-order valence-electron chi connectivity index (χ4n) is 0.900. The highest BCUT2D eigenvalue weighted by Crippen LogP contribution is 2.15. The van der Waals surface area contributed by atoms with Crippen molar-refractivity contribution in [2.24, 2.45) is 10.9 Å². The summed E-state index contributed by atoms with van der Waals surface area (Å²) in [5.41, 5.74) is 5.30. The fraction of sp³-hybridized carbons (Fsp3) is 0.250. The van der Waals surface area contributed by atoms with Gasteiger partial charge in [-0.3, -0.25) is 0 Å². The van der Waals surface area contributed by atoms with E-state index in [1.807, 2.05) is 0 Å². The minimum Gasteiger partial charge on any atom is -0.485 e. The van der Waals surface area contributed by atoms with Gasteiger partial charge in [0.15, 0.2) is 11.5 Å². The van der Waals surface area contributed by atoms with Crippen LogP contribution in [0.2, 0.25) is 0 Å². The molecule has 0 unspecified atom stereocenters. The second kappa shape index (κ2) is 5.08. The second-order valence-corrected chi connectivity index (χ2v) is 2.54. The summed E-state index contributed by atoms with van der Waals surface area (Å²) in [7, 11) is 0. The lowest BCUT2D eigenvalue weighted by Gasteiger charge is -2.08. The van der Waals surface area contributed by atoms with Crippen LogP contribution in [0.3, 0.4) is 0 Å². The molecule has 82 valence electrons. The lowest BCUT2D eigenvalue weighted by atomic mass is 10.3. The van der Waals surface area contributed by atoms with Crippen LogP contribution in [0.1, 0.15) is 5.69 Å². The summed E-state index contributed by atoms with van der Waals surface area (Å²) in [6.45, 7) is -0.766. The van der Waals surface area contributed by atoms with E-state index in [0.717, 1.165) is 0 Å². The monoisotopic (exact) mass is 217 g/mol. The highest BCUT2D eigenvalue weighted by molar-refractivity contribution is 5.97. The smallest absolute Gasteiger partial charge is 0.272 e. The van der Waals surface area contributed by atoms with Crippen LogP contribution < -0.4 is 10.5 Å². The van der Waals surface area contributed by atoms with Gasteiger partial charge in [0, 0.05) is 6.20 Å². The molecule has 0 atom stereocenters. The van der Waals surface area contributed by atoms with Crippen LogP contribution in [0.15, 0.2) is 23.5 Å². The van der Waals surface area contributed by atoms with Gasteiger partial charge in [-0.1, -0.05) is 5.16 Å². The van der Waals surface area contributed by atoms with Crippen LogP contribution in [-0.2, 0) is 0 Å². The number of nitrogens with two attached hydrogens (primary N) is 1. The molecule has 0 bridgehead atoms. The molecule has 0 aliphatic carbocycles. The summed E-state index contributed by atoms with van der Waals surface area (Å²) < 4.78 is 28.5. The molecular formula is C8H9F2N3O2. The van der Waals surface area contributed by atoms with Crippen LogP contribution in [0.5, 0.6) is 5.75 Å². The SMILES string of the molecule is N/C(=N/O)c1ncccc1OCC(F)F. The molecule has 5 nitrogen and oxygen atoms in total. The summed E-state index contributed by atoms with van der Waals surface area (Å²) in [4.78, 5) is 3.74. The minimum absolute atomic E-state index is 0.0284. The van der Waals surface area contributed by atoms with Gasteiger partial charge in [-0.2, -0.15) is 0 Å². The Labute approximate surface area is 84.2 Å². The number of alkyl halides is 2. The van der Waals surface area contributed by atoms with Gasteiger partial charge in [0.25, 0.3) is 6.43 Å². The zero-order valence-electron chi connectivity index (χ0n) is 7.60. The van der Waals surface area contributed by atoms with Crippen molar-refractivity contribution >= 4 is 5.84 Å². The number of amidine groups is 1. The molecule has 1 aromatic rings. The number of hydrogen-bond acceptors (Lipinski definition) is 4. The van der Waals surface area contributed by atoms with Crippen molar-refractivity contribution in [2.45, 2.75) is 6.43 Å². The van der Waals surface area contributed by atoms with Gasteiger partial charge in [-0.25, -0.2) is 13.8 Å². The predicted octanol–water partition coefficient (Wildman–Crippen LogP) is 0.820. The predicted molar refractivity (Wildman–Crippen MR) is 48.2 cm³/mol. The van der Waals surface area contributed by atoms with E-state index in [1.165, 1.54) is 18.3 Å². The van der Waals surface area contributed by atoms with Crippen molar-refractivity contribution in [3.8, 4) is 5.75 Å². The standard InChI is InChI=1S/C8H9F2N3O2/c9-6(10)4-15-5-2-1-3-12-7(5)8(11)13-14/h1-3,6,14H,4H2,(H2,11,13). The number of oxime groups is 1. The van der Waals surface area contributed by atoms with Gasteiger partial charge in [-0.15, -0.1) is 0 Å². The summed E-state index contributed by atoms with van der Waals surface area (Å²) >= 11 is 0. The van der Waals surface area contributed by atoms with Crippen molar-refractivity contribution in [3.05, 3.63) is 24.0 Å². The van der Waals surface area contributed by atoms with Crippen LogP contribution in [0, 0.1) is 0 Å². The van der Waals surface area contributed by atoms with E-state index in [2.05, 4.69) is 10.1 Å². The Morgan fingerprint density at radius 3 is 3.00 bits per heavy atom. The van der Waals surface area contributed by atoms with Crippen molar-refractivity contribution < 1.29 is 18.7 Å². The molecule has 3 N–H and O–H groups in total. The summed E-state index contributed by atoms with van der Waals surface area (Å²) in [6, 6.07) is 2.90. The van der Waals surface area contributed by atoms with Crippen LogP contribution >= 0.6 is 0 Å². The molecular weight excluding hydrogens is 208 g/mol. The molecule has 1 aromatic heterocycles. The first-order valence-corrected chi connectivity index (χ1v) is 3.99. The maximum Gasteiger partial charge on any atom is 0.272 e. The normalized spacial score (nSPS) is 11.8. The number of rotatable bonds is 4. The van der Waals surface area contributed by atoms with Gasteiger partial charge < -0.3 is 15.7 Å². The molecule has 0 saturated heterocycles. The lowest BCUT2D eigenvalue weighted by Crippen LogP contribution is -2.18. The quantitative estimate of drug-likeness (QED) is 0.338. The molecule has 0 spiro atoms. The Hall–Kier alpha value is -1.92. The first kappa shape index (κ1) is 11.2. The highest BCUT2D eigenvalue weighted by Gasteiger charge is 2.11. The Morgan fingerprint density at radius 2 is 2.40 bits per heavy atom. The van der Waals surface area contributed by atoms with E-state index < -0.39 is 13.0 Å². The highest BCUT2D eigenvalue weighted by atomic mass is 19.3. The average Bonchev–Trinajstić information content (AvgIpc) is 2.25. The van der Waals surface area contributed by atoms with Gasteiger partial charge in [0.1, 0.15) is 12.4 Å². The lowest BCUT2D eigenvalue weighted by molar-refractivity contribution is 0.0816. The Morgan fingerprint density at radius 1 is 1.67 bits per heavy atom. The largest absolute Gasteiger partial charge is 0.485 e. The molecule has 15 heavy (non-hydrogen) atoms. The zero-order valence-corrected chi connectivity index (χ0v) is 7.60. The number of hydrogen-bond donors (Lipinski definition) is 2. The molecule has 1 heterocycles. The maximum atomic E-state index is 11.9. The molecule has 0 aliphatic heterocycles. The average molecular weight is 217 g/mol.